The summed E-state index contributed by atoms with van der Waals surface area (Å²) < 4.78 is 11.3. The number of ether oxygens (including phenoxy) is 2. The molecule has 0 aliphatic carbocycles. The maximum atomic E-state index is 9.84. The van der Waals surface area contributed by atoms with Crippen molar-refractivity contribution in [3.63, 3.8) is 0 Å². The quantitative estimate of drug-likeness (QED) is 0.345. The summed E-state index contributed by atoms with van der Waals surface area (Å²) in [6.45, 7) is 2.18. The lowest BCUT2D eigenvalue weighted by molar-refractivity contribution is 0.382. The van der Waals surface area contributed by atoms with Gasteiger partial charge in [0.2, 0.25) is 0 Å². The fourth-order valence-electron chi connectivity index (χ4n) is 3.35. The number of unbranched alkanes of at least 4 members (excludes halogenated alkanes) is 1. The van der Waals surface area contributed by atoms with Gasteiger partial charge in [0.15, 0.2) is 11.5 Å². The van der Waals surface area contributed by atoms with Gasteiger partial charge in [0, 0.05) is 15.5 Å². The smallest absolute Gasteiger partial charge is 0.153 e. The molecule has 168 valence electrons. The van der Waals surface area contributed by atoms with Gasteiger partial charge in [0.05, 0.1) is 24.0 Å². The third kappa shape index (κ3) is 5.39. The highest BCUT2D eigenvalue weighted by Gasteiger charge is 2.27. The van der Waals surface area contributed by atoms with E-state index >= 15 is 0 Å². The molecule has 0 saturated heterocycles. The van der Waals surface area contributed by atoms with Gasteiger partial charge in [0.25, 0.3) is 0 Å². The van der Waals surface area contributed by atoms with Crippen LogP contribution < -0.4 is 15.2 Å². The highest BCUT2D eigenvalue weighted by Crippen LogP contribution is 2.52. The molecule has 0 atom stereocenters. The molecule has 3 aromatic rings. The number of anilines is 1. The summed E-state index contributed by atoms with van der Waals surface area (Å²) in [5.41, 5.74) is 8.40. The largest absolute Gasteiger partial charge is 0.494 e. The molecular weight excluding hydrogens is 450 g/mol. The second-order valence-corrected chi connectivity index (χ2v) is 9.32. The molecular formula is C26H25N3O2S2. The lowest BCUT2D eigenvalue weighted by atomic mass is 10.1. The lowest BCUT2D eigenvalue weighted by Crippen LogP contribution is -2.02. The predicted molar refractivity (Wildman–Crippen MR) is 133 cm³/mol. The lowest BCUT2D eigenvalue weighted by Gasteiger charge is -2.20. The standard InChI is InChI=1S/C26H25N3O2S2/c1-4-5-8-17-11-13-18(14-12-17)32-25-23(30-2)19(15-27)20(16-28)24(31-3)26(25)33-22-10-7-6-9-21(22)29/h6-7,9-14H,4-5,8,29H2,1-3H3. The topological polar surface area (TPSA) is 92.1 Å². The SMILES string of the molecule is CCCCc1ccc(Sc2c(OC)c(C#N)c(C#N)c(OC)c2Sc2ccccc2N)cc1. The predicted octanol–water partition coefficient (Wildman–Crippen LogP) is 6.67. The Balaban J connectivity index is 2.18. The zero-order valence-electron chi connectivity index (χ0n) is 18.8. The summed E-state index contributed by atoms with van der Waals surface area (Å²) in [6, 6.07) is 20.1. The molecule has 3 rings (SSSR count). The van der Waals surface area contributed by atoms with Gasteiger partial charge in [-0.2, -0.15) is 10.5 Å². The van der Waals surface area contributed by atoms with Crippen LogP contribution in [0.25, 0.3) is 0 Å². The minimum absolute atomic E-state index is 0.146. The summed E-state index contributed by atoms with van der Waals surface area (Å²) in [7, 11) is 3.01. The van der Waals surface area contributed by atoms with Crippen molar-refractivity contribution in [3.8, 4) is 23.6 Å². The molecule has 0 unspecified atom stereocenters. The average Bonchev–Trinajstić information content (AvgIpc) is 2.84. The van der Waals surface area contributed by atoms with E-state index in [2.05, 4.69) is 43.3 Å². The minimum atomic E-state index is 0.146. The van der Waals surface area contributed by atoms with Gasteiger partial charge in [-0.25, -0.2) is 0 Å². The monoisotopic (exact) mass is 475 g/mol. The number of methoxy groups -OCH3 is 2. The summed E-state index contributed by atoms with van der Waals surface area (Å²) in [5.74, 6) is 0.692. The minimum Gasteiger partial charge on any atom is -0.494 e. The molecule has 0 spiro atoms. The third-order valence-electron chi connectivity index (χ3n) is 5.05. The van der Waals surface area contributed by atoms with Crippen LogP contribution in [0.15, 0.2) is 68.1 Å². The summed E-state index contributed by atoms with van der Waals surface area (Å²) >= 11 is 2.87. The molecule has 2 N–H and O–H groups in total. The Bertz CT molecular complexity index is 1210. The van der Waals surface area contributed by atoms with E-state index in [4.69, 9.17) is 15.2 Å². The Labute approximate surface area is 203 Å². The first-order chi connectivity index (χ1) is 16.1. The van der Waals surface area contributed by atoms with Crippen molar-refractivity contribution in [2.45, 2.75) is 45.8 Å². The van der Waals surface area contributed by atoms with Gasteiger partial charge >= 0.3 is 0 Å². The van der Waals surface area contributed by atoms with Crippen molar-refractivity contribution < 1.29 is 9.47 Å². The van der Waals surface area contributed by atoms with E-state index in [0.717, 1.165) is 29.1 Å². The van der Waals surface area contributed by atoms with Gasteiger partial charge in [0.1, 0.15) is 23.3 Å². The molecule has 3 aromatic carbocycles. The zero-order chi connectivity index (χ0) is 23.8. The van der Waals surface area contributed by atoms with Crippen molar-refractivity contribution in [2.24, 2.45) is 0 Å². The first-order valence-corrected chi connectivity index (χ1v) is 12.1. The normalized spacial score (nSPS) is 10.3. The molecule has 0 saturated carbocycles. The Kier molecular flexibility index (Phi) is 8.54. The molecule has 33 heavy (non-hydrogen) atoms. The Hall–Kier alpha value is -3.26. The number of aryl methyl sites for hydroxylation is 1. The van der Waals surface area contributed by atoms with Crippen LogP contribution in [-0.4, -0.2) is 14.2 Å². The Morgan fingerprint density at radius 2 is 1.42 bits per heavy atom. The fourth-order valence-corrected chi connectivity index (χ4v) is 5.59. The molecule has 0 amide bonds. The highest BCUT2D eigenvalue weighted by atomic mass is 32.2. The van der Waals surface area contributed by atoms with Crippen LogP contribution in [0.4, 0.5) is 5.69 Å². The molecule has 0 heterocycles. The number of para-hydroxylation sites is 1. The average molecular weight is 476 g/mol. The van der Waals surface area contributed by atoms with Gasteiger partial charge in [-0.15, -0.1) is 0 Å². The van der Waals surface area contributed by atoms with Gasteiger partial charge in [-0.05, 0) is 42.7 Å². The van der Waals surface area contributed by atoms with Crippen molar-refractivity contribution in [1.29, 1.82) is 10.5 Å². The van der Waals surface area contributed by atoms with Crippen molar-refractivity contribution in [3.05, 3.63) is 65.2 Å². The molecule has 0 aliphatic heterocycles. The molecule has 0 aromatic heterocycles. The molecule has 0 aliphatic rings. The number of nitrogens with two attached hydrogens (primary N) is 1. The molecule has 0 radical (unpaired) electrons. The van der Waals surface area contributed by atoms with Crippen LogP contribution in [0.5, 0.6) is 11.5 Å². The third-order valence-corrected chi connectivity index (χ3v) is 7.46. The molecule has 7 heteroatoms. The van der Waals surface area contributed by atoms with E-state index in [1.54, 1.807) is 0 Å². The van der Waals surface area contributed by atoms with Crippen LogP contribution in [0.1, 0.15) is 36.5 Å². The van der Waals surface area contributed by atoms with Gasteiger partial charge in [-0.1, -0.05) is 61.1 Å². The maximum absolute atomic E-state index is 9.84. The fraction of sp³-hybridized carbons (Fsp3) is 0.231. The van der Waals surface area contributed by atoms with E-state index in [0.29, 0.717) is 27.0 Å². The number of nitriles is 2. The second-order valence-electron chi connectivity index (χ2n) is 7.19. The van der Waals surface area contributed by atoms with E-state index in [1.165, 1.54) is 43.3 Å². The molecule has 5 nitrogen and oxygen atoms in total. The van der Waals surface area contributed by atoms with Crippen LogP contribution >= 0.6 is 23.5 Å². The first kappa shape index (κ1) is 24.4. The number of hydrogen-bond donors (Lipinski definition) is 1. The van der Waals surface area contributed by atoms with Crippen LogP contribution in [0, 0.1) is 22.7 Å². The van der Waals surface area contributed by atoms with Crippen LogP contribution in [0.2, 0.25) is 0 Å². The number of hydrogen-bond acceptors (Lipinski definition) is 7. The van der Waals surface area contributed by atoms with E-state index in [9.17, 15) is 10.5 Å². The number of nitrogens with zero attached hydrogens (tertiary/aromatic N) is 2. The van der Waals surface area contributed by atoms with Crippen LogP contribution in [0.3, 0.4) is 0 Å². The first-order valence-electron chi connectivity index (χ1n) is 10.5. The zero-order valence-corrected chi connectivity index (χ0v) is 20.5. The van der Waals surface area contributed by atoms with E-state index in [-0.39, 0.29) is 11.1 Å². The maximum Gasteiger partial charge on any atom is 0.153 e. The number of nitrogen functional groups attached to an aromatic ring is 1. The van der Waals surface area contributed by atoms with Crippen molar-refractivity contribution in [1.82, 2.24) is 0 Å². The molecule has 0 bridgehead atoms. The number of benzene rings is 3. The van der Waals surface area contributed by atoms with E-state index < -0.39 is 0 Å². The van der Waals surface area contributed by atoms with Crippen molar-refractivity contribution in [2.75, 3.05) is 20.0 Å². The summed E-state index contributed by atoms with van der Waals surface area (Å²) in [5, 5.41) is 19.7. The Morgan fingerprint density at radius 1 is 0.848 bits per heavy atom. The van der Waals surface area contributed by atoms with E-state index in [1.807, 2.05) is 24.3 Å². The summed E-state index contributed by atoms with van der Waals surface area (Å²) in [6.07, 6.45) is 3.35. The molecule has 0 fully saturated rings. The highest BCUT2D eigenvalue weighted by molar-refractivity contribution is 8.02. The summed E-state index contributed by atoms with van der Waals surface area (Å²) in [4.78, 5) is 3.21. The van der Waals surface area contributed by atoms with Gasteiger partial charge in [-0.3, -0.25) is 0 Å². The van der Waals surface area contributed by atoms with Crippen molar-refractivity contribution >= 4 is 29.2 Å². The number of rotatable bonds is 9. The Morgan fingerprint density at radius 3 is 1.94 bits per heavy atom. The van der Waals surface area contributed by atoms with Crippen LogP contribution in [-0.2, 0) is 6.42 Å². The van der Waals surface area contributed by atoms with Gasteiger partial charge < -0.3 is 15.2 Å². The second kappa shape index (κ2) is 11.6.